The number of hydrogen-bond acceptors (Lipinski definition) is 3. The fraction of sp³-hybridized carbons (Fsp3) is 0.600. The first kappa shape index (κ1) is 14.7. The largest absolute Gasteiger partial charge is 0.493 e. The van der Waals surface area contributed by atoms with Gasteiger partial charge in [-0.25, -0.2) is 0 Å². The molecule has 1 aliphatic heterocycles. The smallest absolute Gasteiger partial charge is 0.161 e. The van der Waals surface area contributed by atoms with Crippen LogP contribution < -0.4 is 9.47 Å². The number of benzene rings is 1. The molecule has 0 saturated carbocycles. The highest BCUT2D eigenvalue weighted by Crippen LogP contribution is 2.35. The van der Waals surface area contributed by atoms with E-state index in [4.69, 9.17) is 14.2 Å². The molecule has 0 radical (unpaired) electrons. The van der Waals surface area contributed by atoms with Crippen LogP contribution in [0.2, 0.25) is 0 Å². The second kappa shape index (κ2) is 7.15. The zero-order valence-corrected chi connectivity index (χ0v) is 12.9. The Morgan fingerprint density at radius 1 is 1.32 bits per heavy atom. The standard InChI is InChI=1S/C15H21BrO3/c1-17-13-5-2-3-6-14(13)19-10-8-15(11-16)7-4-9-18-12-15/h2-3,5-6H,4,7-12H2,1H3. The second-order valence-electron chi connectivity index (χ2n) is 5.04. The van der Waals surface area contributed by atoms with Crippen molar-refractivity contribution >= 4 is 15.9 Å². The van der Waals surface area contributed by atoms with Crippen molar-refractivity contribution in [1.29, 1.82) is 0 Å². The first-order valence-electron chi connectivity index (χ1n) is 6.69. The van der Waals surface area contributed by atoms with Gasteiger partial charge >= 0.3 is 0 Å². The second-order valence-corrected chi connectivity index (χ2v) is 5.60. The van der Waals surface area contributed by atoms with Crippen LogP contribution >= 0.6 is 15.9 Å². The number of hydrogen-bond donors (Lipinski definition) is 0. The summed E-state index contributed by atoms with van der Waals surface area (Å²) in [5.74, 6) is 1.60. The van der Waals surface area contributed by atoms with E-state index in [-0.39, 0.29) is 5.41 Å². The first-order chi connectivity index (χ1) is 9.29. The first-order valence-corrected chi connectivity index (χ1v) is 7.81. The minimum atomic E-state index is 0.222. The van der Waals surface area contributed by atoms with Crippen LogP contribution in [-0.4, -0.2) is 32.3 Å². The molecule has 3 nitrogen and oxygen atoms in total. The Balaban J connectivity index is 1.88. The van der Waals surface area contributed by atoms with E-state index in [1.807, 2.05) is 24.3 Å². The number of methoxy groups -OCH3 is 1. The van der Waals surface area contributed by atoms with Gasteiger partial charge in [-0.1, -0.05) is 28.1 Å². The molecule has 1 aromatic rings. The van der Waals surface area contributed by atoms with Crippen molar-refractivity contribution in [3.05, 3.63) is 24.3 Å². The lowest BCUT2D eigenvalue weighted by molar-refractivity contribution is -0.00474. The van der Waals surface area contributed by atoms with E-state index in [9.17, 15) is 0 Å². The Hall–Kier alpha value is -0.740. The van der Waals surface area contributed by atoms with Gasteiger partial charge in [-0.05, 0) is 31.4 Å². The number of para-hydroxylation sites is 2. The van der Waals surface area contributed by atoms with Crippen molar-refractivity contribution in [3.63, 3.8) is 0 Å². The van der Waals surface area contributed by atoms with E-state index in [1.54, 1.807) is 7.11 Å². The molecule has 19 heavy (non-hydrogen) atoms. The molecule has 1 saturated heterocycles. The van der Waals surface area contributed by atoms with Gasteiger partial charge in [0.1, 0.15) is 0 Å². The molecular formula is C15H21BrO3. The Morgan fingerprint density at radius 2 is 2.11 bits per heavy atom. The molecule has 1 aromatic carbocycles. The third kappa shape index (κ3) is 3.86. The minimum Gasteiger partial charge on any atom is -0.493 e. The molecule has 0 N–H and O–H groups in total. The quantitative estimate of drug-likeness (QED) is 0.746. The minimum absolute atomic E-state index is 0.222. The molecule has 1 aliphatic rings. The molecule has 106 valence electrons. The summed E-state index contributed by atoms with van der Waals surface area (Å²) in [7, 11) is 1.66. The topological polar surface area (TPSA) is 27.7 Å². The number of ether oxygens (including phenoxy) is 3. The molecule has 4 heteroatoms. The molecule has 0 aromatic heterocycles. The summed E-state index contributed by atoms with van der Waals surface area (Å²) in [6.07, 6.45) is 3.34. The summed E-state index contributed by atoms with van der Waals surface area (Å²) in [4.78, 5) is 0. The lowest BCUT2D eigenvalue weighted by Gasteiger charge is -2.35. The van der Waals surface area contributed by atoms with Crippen molar-refractivity contribution < 1.29 is 14.2 Å². The Kier molecular flexibility index (Phi) is 5.52. The van der Waals surface area contributed by atoms with Crippen molar-refractivity contribution in [2.45, 2.75) is 19.3 Å². The average Bonchev–Trinajstić information content (AvgIpc) is 2.49. The lowest BCUT2D eigenvalue weighted by atomic mass is 9.82. The summed E-state index contributed by atoms with van der Waals surface area (Å²) >= 11 is 3.62. The van der Waals surface area contributed by atoms with Gasteiger partial charge in [-0.3, -0.25) is 0 Å². The van der Waals surface area contributed by atoms with Gasteiger partial charge in [-0.2, -0.15) is 0 Å². The SMILES string of the molecule is COc1ccccc1OCCC1(CBr)CCCOC1. The summed E-state index contributed by atoms with van der Waals surface area (Å²) in [6, 6.07) is 7.76. The molecule has 1 unspecified atom stereocenters. The predicted molar refractivity (Wildman–Crippen MR) is 79.4 cm³/mol. The van der Waals surface area contributed by atoms with Crippen LogP contribution in [0.5, 0.6) is 11.5 Å². The van der Waals surface area contributed by atoms with E-state index in [2.05, 4.69) is 15.9 Å². The fourth-order valence-corrected chi connectivity index (χ4v) is 3.12. The van der Waals surface area contributed by atoms with Gasteiger partial charge in [0.2, 0.25) is 0 Å². The van der Waals surface area contributed by atoms with E-state index >= 15 is 0 Å². The van der Waals surface area contributed by atoms with Gasteiger partial charge < -0.3 is 14.2 Å². The van der Waals surface area contributed by atoms with Crippen molar-refractivity contribution in [3.8, 4) is 11.5 Å². The molecule has 1 heterocycles. The monoisotopic (exact) mass is 328 g/mol. The Labute approximate surface area is 123 Å². The molecule has 2 rings (SSSR count). The molecule has 0 spiro atoms. The van der Waals surface area contributed by atoms with Crippen LogP contribution in [0.15, 0.2) is 24.3 Å². The van der Waals surface area contributed by atoms with Crippen LogP contribution in [0.3, 0.4) is 0 Å². The van der Waals surface area contributed by atoms with Crippen LogP contribution in [0.25, 0.3) is 0 Å². The van der Waals surface area contributed by atoms with Gasteiger partial charge in [0.25, 0.3) is 0 Å². The Morgan fingerprint density at radius 3 is 2.74 bits per heavy atom. The van der Waals surface area contributed by atoms with Crippen LogP contribution in [0.1, 0.15) is 19.3 Å². The third-order valence-corrected chi connectivity index (χ3v) is 4.84. The number of rotatable bonds is 6. The highest BCUT2D eigenvalue weighted by molar-refractivity contribution is 9.09. The van der Waals surface area contributed by atoms with Gasteiger partial charge in [-0.15, -0.1) is 0 Å². The number of alkyl halides is 1. The lowest BCUT2D eigenvalue weighted by Crippen LogP contribution is -2.35. The predicted octanol–water partition coefficient (Wildman–Crippen LogP) is 3.66. The molecule has 0 aliphatic carbocycles. The third-order valence-electron chi connectivity index (χ3n) is 3.65. The van der Waals surface area contributed by atoms with E-state index < -0.39 is 0 Å². The fourth-order valence-electron chi connectivity index (χ4n) is 2.39. The zero-order chi connectivity index (χ0) is 13.6. The molecular weight excluding hydrogens is 308 g/mol. The summed E-state index contributed by atoms with van der Waals surface area (Å²) < 4.78 is 16.8. The van der Waals surface area contributed by atoms with Gasteiger partial charge in [0.15, 0.2) is 11.5 Å². The van der Waals surface area contributed by atoms with Crippen molar-refractivity contribution in [2.24, 2.45) is 5.41 Å². The summed E-state index contributed by atoms with van der Waals surface area (Å²) in [5.41, 5.74) is 0.222. The van der Waals surface area contributed by atoms with Gasteiger partial charge in [0, 0.05) is 17.4 Å². The zero-order valence-electron chi connectivity index (χ0n) is 11.4. The molecule has 0 bridgehead atoms. The van der Waals surface area contributed by atoms with Crippen LogP contribution in [-0.2, 0) is 4.74 Å². The van der Waals surface area contributed by atoms with Crippen molar-refractivity contribution in [1.82, 2.24) is 0 Å². The maximum Gasteiger partial charge on any atom is 0.161 e. The molecule has 0 amide bonds. The molecule has 1 fully saturated rings. The van der Waals surface area contributed by atoms with E-state index in [0.29, 0.717) is 6.61 Å². The maximum absolute atomic E-state index is 5.86. The highest BCUT2D eigenvalue weighted by atomic mass is 79.9. The van der Waals surface area contributed by atoms with E-state index in [0.717, 1.165) is 42.9 Å². The highest BCUT2D eigenvalue weighted by Gasteiger charge is 2.31. The normalized spacial score (nSPS) is 23.1. The maximum atomic E-state index is 5.86. The number of halogens is 1. The van der Waals surface area contributed by atoms with Crippen LogP contribution in [0, 0.1) is 5.41 Å². The summed E-state index contributed by atoms with van der Waals surface area (Å²) in [5, 5.41) is 0.968. The van der Waals surface area contributed by atoms with Crippen LogP contribution in [0.4, 0.5) is 0 Å². The van der Waals surface area contributed by atoms with Gasteiger partial charge in [0.05, 0.1) is 20.3 Å². The molecule has 1 atom stereocenters. The Bertz CT molecular complexity index is 389. The average molecular weight is 329 g/mol. The summed E-state index contributed by atoms with van der Waals surface area (Å²) in [6.45, 7) is 2.41. The van der Waals surface area contributed by atoms with Crippen molar-refractivity contribution in [2.75, 3.05) is 32.3 Å². The van der Waals surface area contributed by atoms with E-state index in [1.165, 1.54) is 6.42 Å².